The second kappa shape index (κ2) is 3.92. The number of hydrogen-bond acceptors (Lipinski definition) is 2. The first-order valence-corrected chi connectivity index (χ1v) is 5.59. The summed E-state index contributed by atoms with van der Waals surface area (Å²) in [4.78, 5) is 12.7. The Labute approximate surface area is 82.2 Å². The molecule has 1 aliphatic rings. The van der Waals surface area contributed by atoms with Crippen LogP contribution < -0.4 is 0 Å². The van der Waals surface area contributed by atoms with Crippen LogP contribution in [0.3, 0.4) is 0 Å². The highest BCUT2D eigenvalue weighted by Gasteiger charge is 2.22. The fourth-order valence-electron chi connectivity index (χ4n) is 1.90. The average molecular weight is 195 g/mol. The summed E-state index contributed by atoms with van der Waals surface area (Å²) < 4.78 is 0. The van der Waals surface area contributed by atoms with E-state index in [-0.39, 0.29) is 0 Å². The van der Waals surface area contributed by atoms with Gasteiger partial charge in [0.2, 0.25) is 6.41 Å². The van der Waals surface area contributed by atoms with Crippen molar-refractivity contribution >= 4 is 17.7 Å². The summed E-state index contributed by atoms with van der Waals surface area (Å²) in [7, 11) is 0. The first-order chi connectivity index (χ1) is 6.42. The molecule has 2 rings (SSSR count). The van der Waals surface area contributed by atoms with Crippen LogP contribution in [0.2, 0.25) is 0 Å². The molecular formula is C10H13NOS. The maximum Gasteiger partial charge on any atom is 0.210 e. The number of nitrogens with zero attached hydrogens (tertiary/aromatic N) is 1. The molecule has 1 amide bonds. The predicted octanol–water partition coefficient (Wildman–Crippen LogP) is 2.43. The summed E-state index contributed by atoms with van der Waals surface area (Å²) >= 11 is 1.70. The Bertz CT molecular complexity index is 270. The number of likely N-dealkylation sites (tertiary alicyclic amines) is 1. The number of carbonyl (C=O) groups excluding carboxylic acids is 1. The molecule has 0 unspecified atom stereocenters. The molecule has 1 aromatic heterocycles. The highest BCUT2D eigenvalue weighted by molar-refractivity contribution is 7.07. The van der Waals surface area contributed by atoms with Gasteiger partial charge in [-0.1, -0.05) is 0 Å². The van der Waals surface area contributed by atoms with Gasteiger partial charge in [-0.05, 0) is 41.7 Å². The molecule has 1 aromatic rings. The summed E-state index contributed by atoms with van der Waals surface area (Å²) in [6.07, 6.45) is 4.50. The Hall–Kier alpha value is -0.830. The Kier molecular flexibility index (Phi) is 2.64. The van der Waals surface area contributed by atoms with Crippen molar-refractivity contribution in [2.75, 3.05) is 6.54 Å². The second-order valence-corrected chi connectivity index (χ2v) is 4.19. The number of piperidine rings is 1. The molecule has 0 radical (unpaired) electrons. The summed E-state index contributed by atoms with van der Waals surface area (Å²) in [5.41, 5.74) is 1.30. The minimum atomic E-state index is 0.345. The van der Waals surface area contributed by atoms with Gasteiger partial charge in [0.05, 0.1) is 6.04 Å². The Morgan fingerprint density at radius 2 is 2.46 bits per heavy atom. The Morgan fingerprint density at radius 1 is 1.54 bits per heavy atom. The molecule has 3 heteroatoms. The fraction of sp³-hybridized carbons (Fsp3) is 0.500. The van der Waals surface area contributed by atoms with Crippen LogP contribution in [0.15, 0.2) is 16.8 Å². The quantitative estimate of drug-likeness (QED) is 0.664. The molecule has 0 bridgehead atoms. The monoisotopic (exact) mass is 195 g/mol. The first-order valence-electron chi connectivity index (χ1n) is 4.65. The van der Waals surface area contributed by atoms with Crippen molar-refractivity contribution in [2.45, 2.75) is 25.3 Å². The molecule has 0 aliphatic carbocycles. The summed E-state index contributed by atoms with van der Waals surface area (Å²) in [5, 5.41) is 4.22. The highest BCUT2D eigenvalue weighted by Crippen LogP contribution is 2.30. The van der Waals surface area contributed by atoms with Gasteiger partial charge in [0.25, 0.3) is 0 Å². The number of rotatable bonds is 2. The minimum Gasteiger partial charge on any atom is -0.338 e. The summed E-state index contributed by atoms with van der Waals surface area (Å²) in [6.45, 7) is 0.921. The largest absolute Gasteiger partial charge is 0.338 e. The van der Waals surface area contributed by atoms with Crippen LogP contribution in [0.1, 0.15) is 30.9 Å². The average Bonchev–Trinajstić information content (AvgIpc) is 2.70. The topological polar surface area (TPSA) is 20.3 Å². The molecular weight excluding hydrogens is 182 g/mol. The Balaban J connectivity index is 2.15. The van der Waals surface area contributed by atoms with Crippen molar-refractivity contribution in [1.29, 1.82) is 0 Å². The van der Waals surface area contributed by atoms with Crippen LogP contribution in [0.25, 0.3) is 0 Å². The van der Waals surface area contributed by atoms with Crippen LogP contribution in [0.5, 0.6) is 0 Å². The van der Waals surface area contributed by atoms with E-state index in [1.54, 1.807) is 11.3 Å². The van der Waals surface area contributed by atoms with E-state index in [1.165, 1.54) is 12.0 Å². The Morgan fingerprint density at radius 3 is 3.15 bits per heavy atom. The van der Waals surface area contributed by atoms with Crippen LogP contribution in [-0.4, -0.2) is 17.9 Å². The molecule has 0 spiro atoms. The predicted molar refractivity (Wildman–Crippen MR) is 53.7 cm³/mol. The van der Waals surface area contributed by atoms with E-state index in [9.17, 15) is 4.79 Å². The molecule has 0 N–H and O–H groups in total. The molecule has 70 valence electrons. The van der Waals surface area contributed by atoms with Gasteiger partial charge < -0.3 is 4.90 Å². The maximum absolute atomic E-state index is 10.8. The van der Waals surface area contributed by atoms with Gasteiger partial charge in [-0.3, -0.25) is 4.79 Å². The zero-order chi connectivity index (χ0) is 9.10. The molecule has 0 saturated carbocycles. The van der Waals surface area contributed by atoms with Crippen molar-refractivity contribution in [3.05, 3.63) is 22.4 Å². The van der Waals surface area contributed by atoms with E-state index in [2.05, 4.69) is 16.8 Å². The van der Waals surface area contributed by atoms with Crippen molar-refractivity contribution < 1.29 is 4.79 Å². The number of amides is 1. The van der Waals surface area contributed by atoms with Crippen LogP contribution in [-0.2, 0) is 4.79 Å². The van der Waals surface area contributed by atoms with Crippen LogP contribution in [0, 0.1) is 0 Å². The number of carbonyl (C=O) groups is 1. The smallest absolute Gasteiger partial charge is 0.210 e. The normalized spacial score (nSPS) is 23.1. The SMILES string of the molecule is O=CN1CCCC[C@H]1c1ccsc1. The zero-order valence-corrected chi connectivity index (χ0v) is 8.30. The van der Waals surface area contributed by atoms with Gasteiger partial charge in [0, 0.05) is 6.54 Å². The lowest BCUT2D eigenvalue weighted by Gasteiger charge is -2.32. The third-order valence-electron chi connectivity index (χ3n) is 2.61. The summed E-state index contributed by atoms with van der Waals surface area (Å²) in [5.74, 6) is 0. The molecule has 1 aliphatic heterocycles. The van der Waals surface area contributed by atoms with Gasteiger partial charge in [-0.15, -0.1) is 0 Å². The second-order valence-electron chi connectivity index (χ2n) is 3.41. The molecule has 0 aromatic carbocycles. The molecule has 2 heterocycles. The lowest BCUT2D eigenvalue weighted by Crippen LogP contribution is -2.31. The van der Waals surface area contributed by atoms with E-state index in [1.807, 2.05) is 4.90 Å². The zero-order valence-electron chi connectivity index (χ0n) is 7.48. The van der Waals surface area contributed by atoms with E-state index in [4.69, 9.17) is 0 Å². The molecule has 1 atom stereocenters. The van der Waals surface area contributed by atoms with Gasteiger partial charge in [0.1, 0.15) is 0 Å². The van der Waals surface area contributed by atoms with Crippen molar-refractivity contribution in [3.8, 4) is 0 Å². The van der Waals surface area contributed by atoms with E-state index >= 15 is 0 Å². The highest BCUT2D eigenvalue weighted by atomic mass is 32.1. The maximum atomic E-state index is 10.8. The van der Waals surface area contributed by atoms with E-state index in [0.29, 0.717) is 6.04 Å². The van der Waals surface area contributed by atoms with E-state index in [0.717, 1.165) is 25.8 Å². The van der Waals surface area contributed by atoms with E-state index < -0.39 is 0 Å². The minimum absolute atomic E-state index is 0.345. The van der Waals surface area contributed by atoms with Crippen LogP contribution in [0.4, 0.5) is 0 Å². The van der Waals surface area contributed by atoms with Gasteiger partial charge in [-0.25, -0.2) is 0 Å². The lowest BCUT2D eigenvalue weighted by molar-refractivity contribution is -0.121. The van der Waals surface area contributed by atoms with Crippen molar-refractivity contribution in [3.63, 3.8) is 0 Å². The molecule has 1 fully saturated rings. The molecule has 2 nitrogen and oxygen atoms in total. The molecule has 13 heavy (non-hydrogen) atoms. The standard InChI is InChI=1S/C10H13NOS/c12-8-11-5-2-1-3-10(11)9-4-6-13-7-9/h4,6-8,10H,1-3,5H2/t10-/m0/s1. The number of hydrogen-bond donors (Lipinski definition) is 0. The number of thiophene rings is 1. The first kappa shape index (κ1) is 8.75. The van der Waals surface area contributed by atoms with Crippen LogP contribution >= 0.6 is 11.3 Å². The molecule has 1 saturated heterocycles. The third-order valence-corrected chi connectivity index (χ3v) is 3.31. The van der Waals surface area contributed by atoms with Crippen molar-refractivity contribution in [2.24, 2.45) is 0 Å². The van der Waals surface area contributed by atoms with Gasteiger partial charge in [-0.2, -0.15) is 11.3 Å². The van der Waals surface area contributed by atoms with Crippen molar-refractivity contribution in [1.82, 2.24) is 4.90 Å². The fourth-order valence-corrected chi connectivity index (χ4v) is 2.61. The van der Waals surface area contributed by atoms with Gasteiger partial charge >= 0.3 is 0 Å². The summed E-state index contributed by atoms with van der Waals surface area (Å²) in [6, 6.07) is 2.47. The third kappa shape index (κ3) is 1.75. The van der Waals surface area contributed by atoms with Gasteiger partial charge in [0.15, 0.2) is 0 Å². The lowest BCUT2D eigenvalue weighted by atomic mass is 9.98.